The predicted octanol–water partition coefficient (Wildman–Crippen LogP) is 0.465. The van der Waals surface area contributed by atoms with Crippen molar-refractivity contribution in [3.63, 3.8) is 0 Å². The quantitative estimate of drug-likeness (QED) is 0.723. The minimum atomic E-state index is -0.136. The van der Waals surface area contributed by atoms with E-state index < -0.39 is 0 Å². The maximum absolute atomic E-state index is 9.25. The number of rotatable bonds is 2. The number of benzene rings is 1. The summed E-state index contributed by atoms with van der Waals surface area (Å²) < 4.78 is 1.47. The maximum Gasteiger partial charge on any atom is 0.117 e. The van der Waals surface area contributed by atoms with Crippen molar-refractivity contribution < 1.29 is 10.2 Å². The Morgan fingerprint density at radius 3 is 2.93 bits per heavy atom. The van der Waals surface area contributed by atoms with E-state index in [1.54, 1.807) is 24.3 Å². The first kappa shape index (κ1) is 8.71. The van der Waals surface area contributed by atoms with Gasteiger partial charge in [0.05, 0.1) is 24.2 Å². The maximum atomic E-state index is 9.25. The fourth-order valence-corrected chi connectivity index (χ4v) is 1.21. The van der Waals surface area contributed by atoms with Gasteiger partial charge in [-0.05, 0) is 12.1 Å². The van der Waals surface area contributed by atoms with Crippen molar-refractivity contribution in [2.75, 3.05) is 0 Å². The molecule has 2 aromatic rings. The summed E-state index contributed by atoms with van der Waals surface area (Å²) in [4.78, 5) is 0. The van der Waals surface area contributed by atoms with Gasteiger partial charge in [-0.2, -0.15) is 0 Å². The second-order valence-corrected chi connectivity index (χ2v) is 2.82. The molecule has 0 bridgehead atoms. The number of aliphatic hydroxyl groups excluding tert-OH is 1. The van der Waals surface area contributed by atoms with Crippen molar-refractivity contribution in [3.05, 3.63) is 36.2 Å². The first-order chi connectivity index (χ1) is 6.81. The van der Waals surface area contributed by atoms with Crippen LogP contribution < -0.4 is 0 Å². The van der Waals surface area contributed by atoms with E-state index in [2.05, 4.69) is 10.3 Å². The van der Waals surface area contributed by atoms with Crippen LogP contribution >= 0.6 is 0 Å². The minimum absolute atomic E-state index is 0.136. The van der Waals surface area contributed by atoms with Crippen LogP contribution in [-0.4, -0.2) is 25.2 Å². The highest BCUT2D eigenvalue weighted by Gasteiger charge is 2.04. The van der Waals surface area contributed by atoms with Gasteiger partial charge < -0.3 is 10.2 Å². The molecule has 0 unspecified atom stereocenters. The molecule has 1 aromatic carbocycles. The number of aromatic nitrogens is 3. The topological polar surface area (TPSA) is 71.2 Å². The zero-order chi connectivity index (χ0) is 9.97. The van der Waals surface area contributed by atoms with Crippen LogP contribution in [0, 0.1) is 0 Å². The Bertz CT molecular complexity index is 439. The van der Waals surface area contributed by atoms with Gasteiger partial charge in [-0.15, -0.1) is 5.10 Å². The van der Waals surface area contributed by atoms with Gasteiger partial charge in [0.15, 0.2) is 0 Å². The van der Waals surface area contributed by atoms with Gasteiger partial charge in [-0.1, -0.05) is 11.3 Å². The Hall–Kier alpha value is -1.88. The van der Waals surface area contributed by atoms with Gasteiger partial charge in [0.1, 0.15) is 5.75 Å². The van der Waals surface area contributed by atoms with Crippen LogP contribution in [0.5, 0.6) is 5.75 Å². The average Bonchev–Trinajstić information content (AvgIpc) is 2.65. The molecule has 0 saturated heterocycles. The molecule has 0 fully saturated rings. The normalized spacial score (nSPS) is 10.4. The standard InChI is InChI=1S/C9H9N3O2/c13-6-8-5-10-11-12(8)7-2-1-3-9(14)4-7/h1-5,13-14H,6H2. The molecule has 1 aromatic heterocycles. The van der Waals surface area contributed by atoms with Crippen molar-refractivity contribution in [3.8, 4) is 11.4 Å². The number of aliphatic hydroxyl groups is 1. The first-order valence-corrected chi connectivity index (χ1v) is 4.11. The van der Waals surface area contributed by atoms with Crippen LogP contribution in [0.4, 0.5) is 0 Å². The van der Waals surface area contributed by atoms with Crippen molar-refractivity contribution in [1.29, 1.82) is 0 Å². The molecule has 1 heterocycles. The summed E-state index contributed by atoms with van der Waals surface area (Å²) >= 11 is 0. The summed E-state index contributed by atoms with van der Waals surface area (Å²) in [7, 11) is 0. The van der Waals surface area contributed by atoms with Crippen LogP contribution in [-0.2, 0) is 6.61 Å². The molecule has 0 aliphatic heterocycles. The molecule has 0 radical (unpaired) electrons. The van der Waals surface area contributed by atoms with Crippen LogP contribution in [0.3, 0.4) is 0 Å². The molecule has 0 spiro atoms. The van der Waals surface area contributed by atoms with Crippen molar-refractivity contribution in [2.45, 2.75) is 6.61 Å². The minimum Gasteiger partial charge on any atom is -0.508 e. The molecule has 0 aliphatic carbocycles. The van der Waals surface area contributed by atoms with E-state index in [0.717, 1.165) is 0 Å². The molecule has 5 nitrogen and oxygen atoms in total. The van der Waals surface area contributed by atoms with E-state index in [0.29, 0.717) is 11.4 Å². The predicted molar refractivity (Wildman–Crippen MR) is 48.9 cm³/mol. The van der Waals surface area contributed by atoms with E-state index >= 15 is 0 Å². The number of hydrogen-bond acceptors (Lipinski definition) is 4. The molecule has 2 N–H and O–H groups in total. The third-order valence-corrected chi connectivity index (χ3v) is 1.86. The highest BCUT2D eigenvalue weighted by molar-refractivity contribution is 5.38. The lowest BCUT2D eigenvalue weighted by atomic mass is 10.3. The Balaban J connectivity index is 2.49. The smallest absolute Gasteiger partial charge is 0.117 e. The molecule has 0 atom stereocenters. The first-order valence-electron chi connectivity index (χ1n) is 4.11. The van der Waals surface area contributed by atoms with Crippen molar-refractivity contribution >= 4 is 0 Å². The van der Waals surface area contributed by atoms with E-state index in [1.807, 2.05) is 0 Å². The Morgan fingerprint density at radius 1 is 1.36 bits per heavy atom. The molecule has 14 heavy (non-hydrogen) atoms. The molecule has 2 rings (SSSR count). The van der Waals surface area contributed by atoms with Gasteiger partial charge in [0.25, 0.3) is 0 Å². The van der Waals surface area contributed by atoms with Crippen LogP contribution in [0.15, 0.2) is 30.5 Å². The molecule has 0 saturated carbocycles. The van der Waals surface area contributed by atoms with E-state index in [9.17, 15) is 5.11 Å². The summed E-state index contributed by atoms with van der Waals surface area (Å²) in [5.74, 6) is 0.155. The lowest BCUT2D eigenvalue weighted by Crippen LogP contribution is -2.01. The average molecular weight is 191 g/mol. The lowest BCUT2D eigenvalue weighted by Gasteiger charge is -2.03. The number of aromatic hydroxyl groups is 1. The van der Waals surface area contributed by atoms with Crippen LogP contribution in [0.25, 0.3) is 5.69 Å². The van der Waals surface area contributed by atoms with Gasteiger partial charge in [-0.3, -0.25) is 0 Å². The molecular weight excluding hydrogens is 182 g/mol. The second kappa shape index (κ2) is 3.47. The second-order valence-electron chi connectivity index (χ2n) is 2.82. The number of nitrogens with zero attached hydrogens (tertiary/aromatic N) is 3. The Morgan fingerprint density at radius 2 is 2.21 bits per heavy atom. The van der Waals surface area contributed by atoms with Gasteiger partial charge in [-0.25, -0.2) is 4.68 Å². The number of phenols is 1. The highest BCUT2D eigenvalue weighted by Crippen LogP contribution is 2.15. The van der Waals surface area contributed by atoms with Crippen molar-refractivity contribution in [1.82, 2.24) is 15.0 Å². The Kier molecular flexibility index (Phi) is 2.16. The largest absolute Gasteiger partial charge is 0.508 e. The lowest BCUT2D eigenvalue weighted by molar-refractivity contribution is 0.273. The summed E-state index contributed by atoms with van der Waals surface area (Å²) in [5, 5.41) is 25.7. The monoisotopic (exact) mass is 191 g/mol. The summed E-state index contributed by atoms with van der Waals surface area (Å²) in [6.07, 6.45) is 1.48. The van der Waals surface area contributed by atoms with Crippen molar-refractivity contribution in [2.24, 2.45) is 0 Å². The van der Waals surface area contributed by atoms with Gasteiger partial charge in [0, 0.05) is 6.07 Å². The fourth-order valence-electron chi connectivity index (χ4n) is 1.21. The van der Waals surface area contributed by atoms with E-state index in [1.165, 1.54) is 10.9 Å². The zero-order valence-corrected chi connectivity index (χ0v) is 7.33. The van der Waals surface area contributed by atoms with Crippen LogP contribution in [0.1, 0.15) is 5.69 Å². The van der Waals surface area contributed by atoms with Gasteiger partial charge in [0.2, 0.25) is 0 Å². The molecule has 5 heteroatoms. The van der Waals surface area contributed by atoms with E-state index in [-0.39, 0.29) is 12.4 Å². The summed E-state index contributed by atoms with van der Waals surface area (Å²) in [6, 6.07) is 6.59. The number of phenolic OH excluding ortho intramolecular Hbond substituents is 1. The van der Waals surface area contributed by atoms with Crippen LogP contribution in [0.2, 0.25) is 0 Å². The highest BCUT2D eigenvalue weighted by atomic mass is 16.3. The third kappa shape index (κ3) is 1.45. The molecule has 0 amide bonds. The zero-order valence-electron chi connectivity index (χ0n) is 7.33. The molecule has 0 aliphatic rings. The Labute approximate surface area is 80.2 Å². The molecule has 72 valence electrons. The van der Waals surface area contributed by atoms with E-state index in [4.69, 9.17) is 5.11 Å². The fraction of sp³-hybridized carbons (Fsp3) is 0.111. The third-order valence-electron chi connectivity index (χ3n) is 1.86. The summed E-state index contributed by atoms with van der Waals surface area (Å²) in [5.41, 5.74) is 1.25. The molecular formula is C9H9N3O2. The van der Waals surface area contributed by atoms with Gasteiger partial charge >= 0.3 is 0 Å². The summed E-state index contributed by atoms with van der Waals surface area (Å²) in [6.45, 7) is -0.136. The SMILES string of the molecule is OCc1cnnn1-c1cccc(O)c1. The number of hydrogen-bond donors (Lipinski definition) is 2.